The Hall–Kier alpha value is -6.58. The van der Waals surface area contributed by atoms with Crippen molar-refractivity contribution in [3.05, 3.63) is 176 Å². The van der Waals surface area contributed by atoms with Crippen molar-refractivity contribution in [1.82, 2.24) is 0 Å². The Morgan fingerprint density at radius 1 is 0.347 bits per heavy atom. The maximum absolute atomic E-state index is 6.54. The van der Waals surface area contributed by atoms with Gasteiger partial charge >= 0.3 is 0 Å². The number of rotatable bonds is 5. The normalized spacial score (nSPS) is 11.7. The minimum atomic E-state index is 0.868. The lowest BCUT2D eigenvalue weighted by Crippen LogP contribution is -2.10. The molecule has 0 aliphatic heterocycles. The predicted molar refractivity (Wildman–Crippen MR) is 204 cm³/mol. The first-order valence-corrected chi connectivity index (χ1v) is 16.6. The summed E-state index contributed by atoms with van der Waals surface area (Å²) >= 11 is 0. The largest absolute Gasteiger partial charge is 0.456 e. The summed E-state index contributed by atoms with van der Waals surface area (Å²) in [5.74, 6) is 0. The molecule has 0 bridgehead atoms. The summed E-state index contributed by atoms with van der Waals surface area (Å²) in [7, 11) is 0. The highest BCUT2D eigenvalue weighted by atomic mass is 16.3. The van der Waals surface area contributed by atoms with Gasteiger partial charge in [-0.1, -0.05) is 127 Å². The molecule has 0 radical (unpaired) electrons. The van der Waals surface area contributed by atoms with Crippen LogP contribution in [-0.2, 0) is 0 Å². The Balaban J connectivity index is 1.17. The molecule has 0 fully saturated rings. The van der Waals surface area contributed by atoms with Gasteiger partial charge in [0.15, 0.2) is 5.58 Å². The molecule has 49 heavy (non-hydrogen) atoms. The highest BCUT2D eigenvalue weighted by Crippen LogP contribution is 2.45. The van der Waals surface area contributed by atoms with Crippen molar-refractivity contribution in [3.8, 4) is 22.3 Å². The first-order chi connectivity index (χ1) is 24.3. The third-order valence-corrected chi connectivity index (χ3v) is 9.66. The second-order valence-electron chi connectivity index (χ2n) is 12.5. The summed E-state index contributed by atoms with van der Waals surface area (Å²) in [6.07, 6.45) is 0. The Bertz CT molecular complexity index is 2810. The van der Waals surface area contributed by atoms with Gasteiger partial charge in [0.2, 0.25) is 0 Å². The minimum Gasteiger partial charge on any atom is -0.456 e. The fourth-order valence-corrected chi connectivity index (χ4v) is 7.49. The molecule has 0 spiro atoms. The van der Waals surface area contributed by atoms with Gasteiger partial charge in [0, 0.05) is 38.3 Å². The van der Waals surface area contributed by atoms with E-state index in [4.69, 9.17) is 8.83 Å². The standard InChI is InChI=1S/C46H29NO2/c1-3-12-30(13-4-1)35-18-9-14-32-26-29-42-45(43(32)35)44-36(19-11-23-41(44)48-42)31-24-27-34(28-25-31)47(33-15-5-2-6-16-33)39-21-10-20-38-37-17-7-8-22-40(37)49-46(38)39/h1-29H. The van der Waals surface area contributed by atoms with Crippen LogP contribution in [-0.4, -0.2) is 0 Å². The quantitative estimate of drug-likeness (QED) is 0.190. The van der Waals surface area contributed by atoms with Crippen LogP contribution in [0, 0.1) is 0 Å². The monoisotopic (exact) mass is 627 g/mol. The number of para-hydroxylation sites is 3. The van der Waals surface area contributed by atoms with Gasteiger partial charge in [-0.05, 0) is 76.2 Å². The van der Waals surface area contributed by atoms with Crippen molar-refractivity contribution < 1.29 is 8.83 Å². The molecule has 230 valence electrons. The molecule has 0 aliphatic rings. The van der Waals surface area contributed by atoms with Gasteiger partial charge < -0.3 is 13.7 Å². The molecule has 3 nitrogen and oxygen atoms in total. The lowest BCUT2D eigenvalue weighted by atomic mass is 9.92. The van der Waals surface area contributed by atoms with Crippen molar-refractivity contribution >= 4 is 71.7 Å². The van der Waals surface area contributed by atoms with Gasteiger partial charge in [-0.2, -0.15) is 0 Å². The van der Waals surface area contributed by atoms with E-state index >= 15 is 0 Å². The van der Waals surface area contributed by atoms with E-state index in [1.54, 1.807) is 0 Å². The van der Waals surface area contributed by atoms with Crippen LogP contribution in [0.1, 0.15) is 0 Å². The SMILES string of the molecule is c1ccc(-c2cccc3ccc4oc5cccc(-c6ccc(N(c7ccccc7)c7cccc8c7oc7ccccc78)cc6)c5c4c23)cc1. The molecule has 2 aromatic heterocycles. The molecule has 0 N–H and O–H groups in total. The average Bonchev–Trinajstić information content (AvgIpc) is 3.75. The first-order valence-electron chi connectivity index (χ1n) is 16.6. The highest BCUT2D eigenvalue weighted by Gasteiger charge is 2.21. The molecule has 2 heterocycles. The molecule has 8 aromatic carbocycles. The second-order valence-corrected chi connectivity index (χ2v) is 12.5. The highest BCUT2D eigenvalue weighted by molar-refractivity contribution is 6.26. The van der Waals surface area contributed by atoms with Gasteiger partial charge in [0.25, 0.3) is 0 Å². The summed E-state index contributed by atoms with van der Waals surface area (Å²) in [4.78, 5) is 2.28. The van der Waals surface area contributed by atoms with Gasteiger partial charge in [0.1, 0.15) is 16.7 Å². The molecule has 0 aliphatic carbocycles. The fraction of sp³-hybridized carbons (Fsp3) is 0. The average molecular weight is 628 g/mol. The minimum absolute atomic E-state index is 0.868. The van der Waals surface area contributed by atoms with Crippen LogP contribution in [0.4, 0.5) is 17.1 Å². The Kier molecular flexibility index (Phi) is 6.18. The summed E-state index contributed by atoms with van der Waals surface area (Å²) < 4.78 is 13.0. The molecular formula is C46H29NO2. The van der Waals surface area contributed by atoms with Crippen LogP contribution in [0.3, 0.4) is 0 Å². The summed E-state index contributed by atoms with van der Waals surface area (Å²) in [5, 5.41) is 6.90. The van der Waals surface area contributed by atoms with E-state index in [9.17, 15) is 0 Å². The van der Waals surface area contributed by atoms with Gasteiger partial charge in [-0.25, -0.2) is 0 Å². The van der Waals surface area contributed by atoms with Crippen LogP contribution >= 0.6 is 0 Å². The van der Waals surface area contributed by atoms with Crippen LogP contribution in [0.2, 0.25) is 0 Å². The van der Waals surface area contributed by atoms with Crippen LogP contribution in [0.25, 0.3) is 76.9 Å². The smallest absolute Gasteiger partial charge is 0.159 e. The molecule has 0 amide bonds. The number of benzene rings is 8. The lowest BCUT2D eigenvalue weighted by Gasteiger charge is -2.25. The van der Waals surface area contributed by atoms with Gasteiger partial charge in [-0.15, -0.1) is 0 Å². The van der Waals surface area contributed by atoms with Crippen molar-refractivity contribution in [3.63, 3.8) is 0 Å². The van der Waals surface area contributed by atoms with E-state index in [2.05, 4.69) is 169 Å². The molecular weight excluding hydrogens is 599 g/mol. The zero-order valence-corrected chi connectivity index (χ0v) is 26.5. The van der Waals surface area contributed by atoms with Crippen LogP contribution in [0.5, 0.6) is 0 Å². The Morgan fingerprint density at radius 3 is 1.80 bits per heavy atom. The van der Waals surface area contributed by atoms with Crippen molar-refractivity contribution in [2.45, 2.75) is 0 Å². The first kappa shape index (κ1) is 27.5. The van der Waals surface area contributed by atoms with Crippen LogP contribution < -0.4 is 4.90 Å². The molecule has 0 saturated carbocycles. The number of anilines is 3. The van der Waals surface area contributed by atoms with E-state index in [1.165, 1.54) is 21.9 Å². The van der Waals surface area contributed by atoms with Gasteiger partial charge in [-0.3, -0.25) is 0 Å². The molecule has 0 atom stereocenters. The molecule has 10 aromatic rings. The molecule has 3 heteroatoms. The molecule has 0 saturated heterocycles. The Labute approximate surface area is 282 Å². The zero-order valence-electron chi connectivity index (χ0n) is 26.5. The van der Waals surface area contributed by atoms with Crippen molar-refractivity contribution in [2.75, 3.05) is 4.90 Å². The Morgan fingerprint density at radius 2 is 0.959 bits per heavy atom. The summed E-state index contributed by atoms with van der Waals surface area (Å²) in [6, 6.07) is 61.8. The lowest BCUT2D eigenvalue weighted by molar-refractivity contribution is 0.669. The van der Waals surface area contributed by atoms with Gasteiger partial charge in [0.05, 0.1) is 5.69 Å². The molecule has 0 unspecified atom stereocenters. The topological polar surface area (TPSA) is 29.5 Å². The number of nitrogens with zero attached hydrogens (tertiary/aromatic N) is 1. The molecule has 10 rings (SSSR count). The van der Waals surface area contributed by atoms with E-state index in [0.29, 0.717) is 0 Å². The predicted octanol–water partition coefficient (Wildman–Crippen LogP) is 13.4. The van der Waals surface area contributed by atoms with E-state index in [0.717, 1.165) is 72.1 Å². The van der Waals surface area contributed by atoms with Crippen molar-refractivity contribution in [2.24, 2.45) is 0 Å². The maximum Gasteiger partial charge on any atom is 0.159 e. The summed E-state index contributed by atoms with van der Waals surface area (Å²) in [5.41, 5.74) is 11.3. The third kappa shape index (κ3) is 4.37. The van der Waals surface area contributed by atoms with E-state index in [1.807, 2.05) is 12.1 Å². The number of fused-ring (bicyclic) bond motifs is 8. The summed E-state index contributed by atoms with van der Waals surface area (Å²) in [6.45, 7) is 0. The van der Waals surface area contributed by atoms with Crippen molar-refractivity contribution in [1.29, 1.82) is 0 Å². The second kappa shape index (κ2) is 11.0. The number of hydrogen-bond acceptors (Lipinski definition) is 3. The third-order valence-electron chi connectivity index (χ3n) is 9.66. The number of hydrogen-bond donors (Lipinski definition) is 0. The zero-order chi connectivity index (χ0) is 32.3. The fourth-order valence-electron chi connectivity index (χ4n) is 7.49. The van der Waals surface area contributed by atoms with Crippen LogP contribution in [0.15, 0.2) is 185 Å². The number of furan rings is 2. The van der Waals surface area contributed by atoms with E-state index < -0.39 is 0 Å². The van der Waals surface area contributed by atoms with E-state index in [-0.39, 0.29) is 0 Å². The maximum atomic E-state index is 6.54.